The highest BCUT2D eigenvalue weighted by atomic mass is 19.2. The topological polar surface area (TPSA) is 40.5 Å². The summed E-state index contributed by atoms with van der Waals surface area (Å²) in [5, 5.41) is 9.02. The van der Waals surface area contributed by atoms with Crippen molar-refractivity contribution in [3.05, 3.63) is 35.4 Å². The number of carboxylic acid groups (broad SMARTS) is 1. The Bertz CT molecular complexity index is 517. The van der Waals surface area contributed by atoms with Crippen molar-refractivity contribution in [3.63, 3.8) is 0 Å². The summed E-state index contributed by atoms with van der Waals surface area (Å²) in [5.41, 5.74) is 0.234. The minimum Gasteiger partial charge on any atom is -0.480 e. The lowest BCUT2D eigenvalue weighted by atomic mass is 9.79. The molecule has 1 aliphatic rings. The number of carbonyl (C=O) groups is 1. The summed E-state index contributed by atoms with van der Waals surface area (Å²) < 4.78 is 27.3. The summed E-state index contributed by atoms with van der Waals surface area (Å²) in [5.74, 6) is -2.71. The number of halogens is 2. The molecule has 0 radical (unpaired) electrons. The van der Waals surface area contributed by atoms with Crippen LogP contribution in [-0.2, 0) is 4.79 Å². The standard InChI is InChI=1S/C15H19F2NO2/c1-15(2)7-6-12(18(9-15)8-13(19)20)10-4-3-5-11(16)14(10)17/h3-5,12H,6-9H2,1-2H3,(H,19,20). The molecule has 1 saturated heterocycles. The molecule has 0 saturated carbocycles. The Kier molecular flexibility index (Phi) is 4.09. The van der Waals surface area contributed by atoms with Crippen molar-refractivity contribution in [2.24, 2.45) is 5.41 Å². The van der Waals surface area contributed by atoms with E-state index in [9.17, 15) is 13.6 Å². The van der Waals surface area contributed by atoms with Crippen molar-refractivity contribution in [2.45, 2.75) is 32.7 Å². The van der Waals surface area contributed by atoms with Gasteiger partial charge in [-0.1, -0.05) is 26.0 Å². The van der Waals surface area contributed by atoms with Crippen LogP contribution in [0.1, 0.15) is 38.3 Å². The van der Waals surface area contributed by atoms with Crippen LogP contribution in [0.3, 0.4) is 0 Å². The zero-order valence-corrected chi connectivity index (χ0v) is 11.7. The van der Waals surface area contributed by atoms with Crippen LogP contribution in [0, 0.1) is 17.0 Å². The van der Waals surface area contributed by atoms with E-state index in [4.69, 9.17) is 5.11 Å². The van der Waals surface area contributed by atoms with Crippen LogP contribution in [0.4, 0.5) is 8.78 Å². The molecule has 1 heterocycles. The largest absolute Gasteiger partial charge is 0.480 e. The molecule has 5 heteroatoms. The van der Waals surface area contributed by atoms with E-state index in [-0.39, 0.29) is 23.6 Å². The number of carboxylic acids is 1. The molecule has 1 N–H and O–H groups in total. The van der Waals surface area contributed by atoms with Crippen LogP contribution in [0.5, 0.6) is 0 Å². The van der Waals surface area contributed by atoms with Gasteiger partial charge in [-0.2, -0.15) is 0 Å². The number of hydrogen-bond acceptors (Lipinski definition) is 2. The van der Waals surface area contributed by atoms with E-state index in [0.717, 1.165) is 12.5 Å². The smallest absolute Gasteiger partial charge is 0.317 e. The zero-order chi connectivity index (χ0) is 14.9. The lowest BCUT2D eigenvalue weighted by Crippen LogP contribution is -2.44. The van der Waals surface area contributed by atoms with E-state index in [1.807, 2.05) is 0 Å². The molecule has 0 bridgehead atoms. The Labute approximate surface area is 117 Å². The number of likely N-dealkylation sites (tertiary alicyclic amines) is 1. The minimum absolute atomic E-state index is 0.0181. The molecule has 1 fully saturated rings. The molecular formula is C15H19F2NO2. The van der Waals surface area contributed by atoms with Crippen molar-refractivity contribution in [1.29, 1.82) is 0 Å². The highest BCUT2D eigenvalue weighted by Gasteiger charge is 2.36. The molecule has 20 heavy (non-hydrogen) atoms. The maximum absolute atomic E-state index is 13.9. The fraction of sp³-hybridized carbons (Fsp3) is 0.533. The fourth-order valence-electron chi connectivity index (χ4n) is 2.92. The van der Waals surface area contributed by atoms with Crippen LogP contribution in [0.15, 0.2) is 18.2 Å². The summed E-state index contributed by atoms with van der Waals surface area (Å²) in [6, 6.07) is 3.70. The summed E-state index contributed by atoms with van der Waals surface area (Å²) >= 11 is 0. The Morgan fingerprint density at radius 1 is 1.45 bits per heavy atom. The number of piperidine rings is 1. The number of nitrogens with zero attached hydrogens (tertiary/aromatic N) is 1. The van der Waals surface area contributed by atoms with Gasteiger partial charge in [0.2, 0.25) is 0 Å². The Balaban J connectivity index is 2.32. The van der Waals surface area contributed by atoms with Gasteiger partial charge in [-0.25, -0.2) is 8.78 Å². The van der Waals surface area contributed by atoms with Crippen molar-refractivity contribution >= 4 is 5.97 Å². The highest BCUT2D eigenvalue weighted by molar-refractivity contribution is 5.69. The van der Waals surface area contributed by atoms with Crippen LogP contribution >= 0.6 is 0 Å². The molecular weight excluding hydrogens is 264 g/mol. The first-order valence-electron chi connectivity index (χ1n) is 6.70. The van der Waals surface area contributed by atoms with Crippen LogP contribution in [0.25, 0.3) is 0 Å². The molecule has 0 aliphatic carbocycles. The molecule has 0 spiro atoms. The van der Waals surface area contributed by atoms with E-state index in [1.165, 1.54) is 12.1 Å². The Hall–Kier alpha value is -1.49. The van der Waals surface area contributed by atoms with Gasteiger partial charge in [-0.05, 0) is 24.3 Å². The molecule has 0 aromatic heterocycles. The van der Waals surface area contributed by atoms with Crippen LogP contribution < -0.4 is 0 Å². The van der Waals surface area contributed by atoms with Crippen molar-refractivity contribution in [2.75, 3.05) is 13.1 Å². The Morgan fingerprint density at radius 2 is 2.15 bits per heavy atom. The number of aliphatic carboxylic acids is 1. The van der Waals surface area contributed by atoms with Gasteiger partial charge in [0.15, 0.2) is 11.6 Å². The van der Waals surface area contributed by atoms with Gasteiger partial charge in [0.1, 0.15) is 0 Å². The third kappa shape index (κ3) is 3.15. The lowest BCUT2D eigenvalue weighted by Gasteiger charge is -2.43. The van der Waals surface area contributed by atoms with Gasteiger partial charge < -0.3 is 5.11 Å². The first-order chi connectivity index (χ1) is 9.30. The summed E-state index contributed by atoms with van der Waals surface area (Å²) in [6.45, 7) is 4.50. The lowest BCUT2D eigenvalue weighted by molar-refractivity contribution is -0.140. The highest BCUT2D eigenvalue weighted by Crippen LogP contribution is 2.40. The predicted molar refractivity (Wildman–Crippen MR) is 71.3 cm³/mol. The molecule has 2 rings (SSSR count). The third-order valence-corrected chi connectivity index (χ3v) is 3.85. The average molecular weight is 283 g/mol. The first-order valence-corrected chi connectivity index (χ1v) is 6.70. The van der Waals surface area contributed by atoms with Crippen LogP contribution in [-0.4, -0.2) is 29.1 Å². The van der Waals surface area contributed by atoms with Crippen molar-refractivity contribution in [3.8, 4) is 0 Å². The molecule has 0 amide bonds. The van der Waals surface area contributed by atoms with E-state index in [0.29, 0.717) is 13.0 Å². The average Bonchev–Trinajstić information content (AvgIpc) is 2.32. The second-order valence-electron chi connectivity index (χ2n) is 6.16. The maximum Gasteiger partial charge on any atom is 0.317 e. The molecule has 1 unspecified atom stereocenters. The van der Waals surface area contributed by atoms with Crippen molar-refractivity contribution in [1.82, 2.24) is 4.90 Å². The molecule has 3 nitrogen and oxygen atoms in total. The van der Waals surface area contributed by atoms with E-state index in [1.54, 1.807) is 4.90 Å². The summed E-state index contributed by atoms with van der Waals surface area (Å²) in [4.78, 5) is 12.7. The molecule has 1 aromatic carbocycles. The summed E-state index contributed by atoms with van der Waals surface area (Å²) in [7, 11) is 0. The third-order valence-electron chi connectivity index (χ3n) is 3.85. The van der Waals surface area contributed by atoms with Gasteiger partial charge >= 0.3 is 5.97 Å². The second kappa shape index (κ2) is 5.48. The predicted octanol–water partition coefficient (Wildman–Crippen LogP) is 3.21. The van der Waals surface area contributed by atoms with E-state index in [2.05, 4.69) is 13.8 Å². The van der Waals surface area contributed by atoms with Gasteiger partial charge in [0, 0.05) is 18.2 Å². The zero-order valence-electron chi connectivity index (χ0n) is 11.7. The van der Waals surface area contributed by atoms with Crippen LogP contribution in [0.2, 0.25) is 0 Å². The molecule has 1 aromatic rings. The monoisotopic (exact) mass is 283 g/mol. The van der Waals surface area contributed by atoms with Gasteiger partial charge in [0.25, 0.3) is 0 Å². The Morgan fingerprint density at radius 3 is 2.80 bits per heavy atom. The number of hydrogen-bond donors (Lipinski definition) is 1. The fourth-order valence-corrected chi connectivity index (χ4v) is 2.92. The van der Waals surface area contributed by atoms with Gasteiger partial charge in [-0.3, -0.25) is 9.69 Å². The molecule has 110 valence electrons. The minimum atomic E-state index is -0.954. The summed E-state index contributed by atoms with van der Waals surface area (Å²) in [6.07, 6.45) is 1.48. The SMILES string of the molecule is CC1(C)CCC(c2cccc(F)c2F)N(CC(=O)O)C1. The number of rotatable bonds is 3. The van der Waals surface area contributed by atoms with Gasteiger partial charge in [0.05, 0.1) is 6.54 Å². The van der Waals surface area contributed by atoms with Gasteiger partial charge in [-0.15, -0.1) is 0 Å². The second-order valence-corrected chi connectivity index (χ2v) is 6.16. The molecule has 1 atom stereocenters. The number of benzene rings is 1. The van der Waals surface area contributed by atoms with Crippen molar-refractivity contribution < 1.29 is 18.7 Å². The molecule has 1 aliphatic heterocycles. The maximum atomic E-state index is 13.9. The van der Waals surface area contributed by atoms with E-state index >= 15 is 0 Å². The quantitative estimate of drug-likeness (QED) is 0.926. The normalized spacial score (nSPS) is 22.7. The van der Waals surface area contributed by atoms with E-state index < -0.39 is 17.6 Å². The first kappa shape index (κ1) is 14.9.